The van der Waals surface area contributed by atoms with E-state index in [4.69, 9.17) is 19.9 Å². The van der Waals surface area contributed by atoms with Crippen LogP contribution in [-0.4, -0.2) is 79.0 Å². The Hall–Kier alpha value is -4.85. The Bertz CT molecular complexity index is 1430. The highest BCUT2D eigenvalue weighted by Crippen LogP contribution is 2.18. The molecule has 0 spiro atoms. The lowest BCUT2D eigenvalue weighted by atomic mass is 10.2. The molecule has 0 fully saturated rings. The Morgan fingerprint density at radius 3 is 2.34 bits per heavy atom. The monoisotopic (exact) mass is 601 g/mol. The van der Waals surface area contributed by atoms with E-state index in [2.05, 4.69) is 41.2 Å². The fourth-order valence-electron chi connectivity index (χ4n) is 3.97. The third-order valence-corrected chi connectivity index (χ3v) is 6.18. The van der Waals surface area contributed by atoms with Crippen molar-refractivity contribution in [2.75, 3.05) is 69.1 Å². The van der Waals surface area contributed by atoms with Gasteiger partial charge in [0, 0.05) is 55.7 Å². The highest BCUT2D eigenvalue weighted by Gasteiger charge is 2.10. The molecule has 13 heteroatoms. The van der Waals surface area contributed by atoms with Crippen LogP contribution in [0.3, 0.4) is 0 Å². The van der Waals surface area contributed by atoms with Crippen molar-refractivity contribution in [2.24, 2.45) is 5.73 Å². The number of pyridine rings is 1. The molecule has 0 saturated heterocycles. The molecule has 4 aromatic rings. The number of nitrogens with zero attached hydrogens (tertiary/aromatic N) is 4. The van der Waals surface area contributed by atoms with Crippen molar-refractivity contribution in [3.05, 3.63) is 89.7 Å². The minimum absolute atomic E-state index is 0.217. The Morgan fingerprint density at radius 2 is 1.59 bits per heavy atom. The second-order valence-electron chi connectivity index (χ2n) is 9.48. The standard InChI is InChI=1S/C31H39N9O4/c1-42-27-10-8-23(9-11-27)22-36-30-38-29(35-15-12-25-6-2-3-14-33-25)39-31(40-30)37-26-7-4-5-24(21-26)28(41)34-16-18-44-20-19-43-17-13-32/h2-11,14,21H,12-13,15-20,22,32H2,1H3,(H,34,41)(H3,35,36,37,38,39,40). The summed E-state index contributed by atoms with van der Waals surface area (Å²) < 4.78 is 16.0. The number of ether oxygens (including phenoxy) is 3. The number of anilines is 4. The maximum atomic E-state index is 12.7. The van der Waals surface area contributed by atoms with Gasteiger partial charge in [0.25, 0.3) is 5.91 Å². The predicted octanol–water partition coefficient (Wildman–Crippen LogP) is 3.01. The third-order valence-electron chi connectivity index (χ3n) is 6.18. The summed E-state index contributed by atoms with van der Waals surface area (Å²) in [4.78, 5) is 30.7. The molecule has 0 aliphatic rings. The second-order valence-corrected chi connectivity index (χ2v) is 9.48. The molecule has 6 N–H and O–H groups in total. The van der Waals surface area contributed by atoms with Crippen LogP contribution in [0.1, 0.15) is 21.6 Å². The van der Waals surface area contributed by atoms with Crippen LogP contribution in [0, 0.1) is 0 Å². The van der Waals surface area contributed by atoms with E-state index in [1.54, 1.807) is 31.5 Å². The van der Waals surface area contributed by atoms with Gasteiger partial charge in [0.2, 0.25) is 17.8 Å². The highest BCUT2D eigenvalue weighted by atomic mass is 16.5. The average molecular weight is 602 g/mol. The first-order chi connectivity index (χ1) is 21.6. The molecule has 1 amide bonds. The van der Waals surface area contributed by atoms with Crippen LogP contribution in [-0.2, 0) is 22.4 Å². The van der Waals surface area contributed by atoms with Crippen molar-refractivity contribution < 1.29 is 19.0 Å². The summed E-state index contributed by atoms with van der Waals surface area (Å²) in [6.45, 7) is 3.72. The number of methoxy groups -OCH3 is 1. The summed E-state index contributed by atoms with van der Waals surface area (Å²) in [5, 5.41) is 12.6. The first-order valence-corrected chi connectivity index (χ1v) is 14.4. The SMILES string of the molecule is COc1ccc(CNc2nc(NCCc3ccccn3)nc(Nc3cccc(C(=O)NCCOCCOCCN)c3)n2)cc1. The molecule has 0 aliphatic heterocycles. The van der Waals surface area contributed by atoms with Gasteiger partial charge in [-0.1, -0.05) is 24.3 Å². The van der Waals surface area contributed by atoms with E-state index < -0.39 is 0 Å². The summed E-state index contributed by atoms with van der Waals surface area (Å²) >= 11 is 0. The van der Waals surface area contributed by atoms with Gasteiger partial charge in [-0.2, -0.15) is 15.0 Å². The van der Waals surface area contributed by atoms with Crippen molar-refractivity contribution >= 4 is 29.4 Å². The lowest BCUT2D eigenvalue weighted by molar-refractivity contribution is 0.0511. The number of carbonyl (C=O) groups excluding carboxylic acids is 1. The molecule has 4 rings (SSSR count). The molecule has 2 aromatic heterocycles. The van der Waals surface area contributed by atoms with Crippen molar-refractivity contribution in [2.45, 2.75) is 13.0 Å². The molecule has 2 aromatic carbocycles. The number of nitrogens with two attached hydrogens (primary N) is 1. The maximum Gasteiger partial charge on any atom is 0.251 e. The number of hydrogen-bond donors (Lipinski definition) is 5. The molecule has 0 aliphatic carbocycles. The number of benzene rings is 2. The molecule has 2 heterocycles. The summed E-state index contributed by atoms with van der Waals surface area (Å²) in [6, 6.07) is 20.7. The molecular weight excluding hydrogens is 562 g/mol. The van der Waals surface area contributed by atoms with Gasteiger partial charge in [-0.05, 0) is 48.0 Å². The fraction of sp³-hybridized carbons (Fsp3) is 0.323. The Morgan fingerprint density at radius 1 is 0.818 bits per heavy atom. The van der Waals surface area contributed by atoms with Crippen molar-refractivity contribution in [1.82, 2.24) is 25.3 Å². The van der Waals surface area contributed by atoms with E-state index >= 15 is 0 Å². The Labute approximate surface area is 257 Å². The maximum absolute atomic E-state index is 12.7. The molecule has 0 saturated carbocycles. The normalized spacial score (nSPS) is 10.7. The summed E-state index contributed by atoms with van der Waals surface area (Å²) in [6.07, 6.45) is 2.47. The number of aromatic nitrogens is 4. The molecule has 0 atom stereocenters. The van der Waals surface area contributed by atoms with Gasteiger partial charge in [0.05, 0.1) is 33.5 Å². The number of carbonyl (C=O) groups is 1. The molecule has 0 bridgehead atoms. The van der Waals surface area contributed by atoms with Crippen molar-refractivity contribution in [3.8, 4) is 5.75 Å². The Balaban J connectivity index is 1.38. The van der Waals surface area contributed by atoms with Crippen LogP contribution >= 0.6 is 0 Å². The van der Waals surface area contributed by atoms with Crippen LogP contribution in [0.25, 0.3) is 0 Å². The smallest absolute Gasteiger partial charge is 0.251 e. The zero-order chi connectivity index (χ0) is 30.8. The van der Waals surface area contributed by atoms with Gasteiger partial charge in [0.15, 0.2) is 0 Å². The molecule has 44 heavy (non-hydrogen) atoms. The fourth-order valence-corrected chi connectivity index (χ4v) is 3.97. The van der Waals surface area contributed by atoms with E-state index in [0.717, 1.165) is 17.0 Å². The second kappa shape index (κ2) is 18.0. The number of rotatable bonds is 19. The average Bonchev–Trinajstić information content (AvgIpc) is 3.06. The van der Waals surface area contributed by atoms with E-state index in [9.17, 15) is 4.79 Å². The molecule has 232 valence electrons. The van der Waals surface area contributed by atoms with Gasteiger partial charge >= 0.3 is 0 Å². The summed E-state index contributed by atoms with van der Waals surface area (Å²) in [5.41, 5.74) is 8.52. The van der Waals surface area contributed by atoms with Crippen molar-refractivity contribution in [1.29, 1.82) is 0 Å². The molecular formula is C31H39N9O4. The Kier molecular flexibility index (Phi) is 13.1. The zero-order valence-electron chi connectivity index (χ0n) is 24.8. The number of amides is 1. The number of nitrogens with one attached hydrogen (secondary N) is 4. The lowest BCUT2D eigenvalue weighted by Gasteiger charge is -2.12. The highest BCUT2D eigenvalue weighted by molar-refractivity contribution is 5.95. The van der Waals surface area contributed by atoms with Crippen molar-refractivity contribution in [3.63, 3.8) is 0 Å². The van der Waals surface area contributed by atoms with Gasteiger partial charge < -0.3 is 41.2 Å². The third kappa shape index (κ3) is 11.1. The zero-order valence-corrected chi connectivity index (χ0v) is 24.8. The number of hydrogen-bond acceptors (Lipinski definition) is 12. The topological polar surface area (TPSA) is 170 Å². The minimum atomic E-state index is -0.217. The van der Waals surface area contributed by atoms with Gasteiger partial charge in [0.1, 0.15) is 5.75 Å². The lowest BCUT2D eigenvalue weighted by Crippen LogP contribution is -2.27. The predicted molar refractivity (Wildman–Crippen MR) is 169 cm³/mol. The van der Waals surface area contributed by atoms with Crippen LogP contribution in [0.2, 0.25) is 0 Å². The minimum Gasteiger partial charge on any atom is -0.497 e. The van der Waals surface area contributed by atoms with Gasteiger partial charge in [-0.3, -0.25) is 9.78 Å². The largest absolute Gasteiger partial charge is 0.497 e. The van der Waals surface area contributed by atoms with Crippen LogP contribution in [0.4, 0.5) is 23.5 Å². The summed E-state index contributed by atoms with van der Waals surface area (Å²) in [5.74, 6) is 1.68. The van der Waals surface area contributed by atoms with Crippen LogP contribution in [0.15, 0.2) is 72.9 Å². The first-order valence-electron chi connectivity index (χ1n) is 14.4. The van der Waals surface area contributed by atoms with Gasteiger partial charge in [-0.15, -0.1) is 0 Å². The van der Waals surface area contributed by atoms with Crippen LogP contribution < -0.4 is 31.7 Å². The van der Waals surface area contributed by atoms with E-state index in [1.807, 2.05) is 48.5 Å². The summed E-state index contributed by atoms with van der Waals surface area (Å²) in [7, 11) is 1.64. The van der Waals surface area contributed by atoms with Crippen LogP contribution in [0.5, 0.6) is 5.75 Å². The van der Waals surface area contributed by atoms with Gasteiger partial charge in [-0.25, -0.2) is 0 Å². The molecule has 0 radical (unpaired) electrons. The molecule has 13 nitrogen and oxygen atoms in total. The van der Waals surface area contributed by atoms with E-state index in [1.165, 1.54) is 0 Å². The van der Waals surface area contributed by atoms with E-state index in [0.29, 0.717) is 88.1 Å². The quantitative estimate of drug-likeness (QED) is 0.0997. The first kappa shape index (κ1) is 32.1. The molecule has 0 unspecified atom stereocenters. The van der Waals surface area contributed by atoms with E-state index in [-0.39, 0.29) is 5.91 Å².